The number of nitrogens with one attached hydrogen (secondary N) is 1. The van der Waals surface area contributed by atoms with Crippen LogP contribution in [0.25, 0.3) is 0 Å². The molecule has 3 nitrogen and oxygen atoms in total. The molecule has 1 N–H and O–H groups in total. The van der Waals surface area contributed by atoms with E-state index in [1.165, 1.54) is 12.8 Å². The van der Waals surface area contributed by atoms with Gasteiger partial charge in [0.25, 0.3) is 5.91 Å². The van der Waals surface area contributed by atoms with E-state index in [0.717, 1.165) is 6.42 Å². The first-order valence-electron chi connectivity index (χ1n) is 7.34. The second-order valence-corrected chi connectivity index (χ2v) is 6.71. The Bertz CT molecular complexity index is 487. The highest BCUT2D eigenvalue weighted by atomic mass is 35.5. The van der Waals surface area contributed by atoms with Crippen LogP contribution in [-0.2, 0) is 4.79 Å². The summed E-state index contributed by atoms with van der Waals surface area (Å²) in [7, 11) is 0. The minimum atomic E-state index is -0.1000. The van der Waals surface area contributed by atoms with Gasteiger partial charge >= 0.3 is 0 Å². The molecular formula is C16H21Cl2NO2. The molecule has 0 spiro atoms. The highest BCUT2D eigenvalue weighted by molar-refractivity contribution is 6.34. The molecule has 3 atom stereocenters. The second kappa shape index (κ2) is 7.37. The van der Waals surface area contributed by atoms with E-state index >= 15 is 0 Å². The summed E-state index contributed by atoms with van der Waals surface area (Å²) in [6.45, 7) is 4.42. The Morgan fingerprint density at radius 1 is 1.24 bits per heavy atom. The molecule has 2 rings (SSSR count). The minimum absolute atomic E-state index is 0.0196. The van der Waals surface area contributed by atoms with Gasteiger partial charge in [-0.3, -0.25) is 4.79 Å². The lowest BCUT2D eigenvalue weighted by atomic mass is 9.78. The number of amides is 1. The molecule has 5 heteroatoms. The smallest absolute Gasteiger partial charge is 0.258 e. The van der Waals surface area contributed by atoms with Crippen LogP contribution < -0.4 is 10.1 Å². The van der Waals surface area contributed by atoms with Gasteiger partial charge in [0, 0.05) is 16.1 Å². The molecule has 0 aromatic heterocycles. The van der Waals surface area contributed by atoms with Crippen LogP contribution in [0.3, 0.4) is 0 Å². The van der Waals surface area contributed by atoms with E-state index in [0.29, 0.717) is 27.6 Å². The van der Waals surface area contributed by atoms with Crippen molar-refractivity contribution >= 4 is 29.1 Å². The van der Waals surface area contributed by atoms with E-state index in [-0.39, 0.29) is 18.6 Å². The molecule has 0 radical (unpaired) electrons. The second-order valence-electron chi connectivity index (χ2n) is 5.84. The summed E-state index contributed by atoms with van der Waals surface area (Å²) < 4.78 is 5.45. The maximum absolute atomic E-state index is 12.0. The third-order valence-corrected chi connectivity index (χ3v) is 4.70. The van der Waals surface area contributed by atoms with Crippen molar-refractivity contribution < 1.29 is 9.53 Å². The predicted octanol–water partition coefficient (Wildman–Crippen LogP) is 4.31. The van der Waals surface area contributed by atoms with Crippen molar-refractivity contribution in [2.45, 2.75) is 39.2 Å². The van der Waals surface area contributed by atoms with Gasteiger partial charge < -0.3 is 10.1 Å². The third kappa shape index (κ3) is 4.79. The molecule has 0 bridgehead atoms. The van der Waals surface area contributed by atoms with Crippen LogP contribution in [0.15, 0.2) is 18.2 Å². The van der Waals surface area contributed by atoms with Crippen molar-refractivity contribution in [3.8, 4) is 5.75 Å². The Balaban J connectivity index is 1.84. The summed E-state index contributed by atoms with van der Waals surface area (Å²) in [5.74, 6) is 1.56. The van der Waals surface area contributed by atoms with Crippen LogP contribution in [0, 0.1) is 11.8 Å². The molecule has 116 valence electrons. The average Bonchev–Trinajstić information content (AvgIpc) is 2.41. The molecule has 1 amide bonds. The Morgan fingerprint density at radius 3 is 2.57 bits per heavy atom. The van der Waals surface area contributed by atoms with Crippen molar-refractivity contribution in [3.05, 3.63) is 28.2 Å². The first-order chi connectivity index (χ1) is 9.95. The number of hydrogen-bond acceptors (Lipinski definition) is 2. The summed E-state index contributed by atoms with van der Waals surface area (Å²) in [6.07, 6.45) is 3.45. The molecule has 1 aromatic rings. The fourth-order valence-electron chi connectivity index (χ4n) is 2.79. The zero-order chi connectivity index (χ0) is 15.4. The first kappa shape index (κ1) is 16.4. The Hall–Kier alpha value is -0.930. The van der Waals surface area contributed by atoms with Gasteiger partial charge in [0.15, 0.2) is 6.61 Å². The van der Waals surface area contributed by atoms with Crippen molar-refractivity contribution in [2.24, 2.45) is 11.8 Å². The summed E-state index contributed by atoms with van der Waals surface area (Å²) in [5, 5.41) is 4.05. The van der Waals surface area contributed by atoms with Gasteiger partial charge in [-0.2, -0.15) is 0 Å². The number of ether oxygens (including phenoxy) is 1. The maximum Gasteiger partial charge on any atom is 0.258 e. The number of hydrogen-bond donors (Lipinski definition) is 1. The van der Waals surface area contributed by atoms with Gasteiger partial charge in [0.1, 0.15) is 5.75 Å². The number of benzene rings is 1. The van der Waals surface area contributed by atoms with E-state index in [9.17, 15) is 4.79 Å². The van der Waals surface area contributed by atoms with Gasteiger partial charge in [-0.05, 0) is 36.5 Å². The van der Waals surface area contributed by atoms with E-state index in [2.05, 4.69) is 19.2 Å². The van der Waals surface area contributed by atoms with Crippen LogP contribution in [0.5, 0.6) is 5.75 Å². The standard InChI is InChI=1S/C16H21Cl2NO2/c1-10-4-3-5-15(11(10)2)19-16(20)9-21-14-7-12(17)6-13(18)8-14/h6-8,10-11,15H,3-5,9H2,1-2H3,(H,19,20)/t10-,11+,15-/m0/s1. The molecule has 1 saturated carbocycles. The van der Waals surface area contributed by atoms with E-state index in [4.69, 9.17) is 27.9 Å². The molecule has 0 aliphatic heterocycles. The van der Waals surface area contributed by atoms with Crippen molar-refractivity contribution in [3.63, 3.8) is 0 Å². The number of carbonyl (C=O) groups is 1. The normalized spacial score (nSPS) is 25.4. The van der Waals surface area contributed by atoms with Crippen LogP contribution in [0.1, 0.15) is 33.1 Å². The van der Waals surface area contributed by atoms with Gasteiger partial charge in [0.05, 0.1) is 0 Å². The van der Waals surface area contributed by atoms with Gasteiger partial charge in [-0.1, -0.05) is 49.9 Å². The van der Waals surface area contributed by atoms with Crippen LogP contribution in [0.2, 0.25) is 10.0 Å². The molecule has 1 fully saturated rings. The van der Waals surface area contributed by atoms with E-state index in [1.807, 2.05) is 0 Å². The van der Waals surface area contributed by atoms with Crippen molar-refractivity contribution in [1.29, 1.82) is 0 Å². The zero-order valence-corrected chi connectivity index (χ0v) is 13.9. The summed E-state index contributed by atoms with van der Waals surface area (Å²) in [5.41, 5.74) is 0. The molecule has 1 aliphatic rings. The van der Waals surface area contributed by atoms with Crippen LogP contribution in [0.4, 0.5) is 0 Å². The largest absolute Gasteiger partial charge is 0.484 e. The third-order valence-electron chi connectivity index (χ3n) is 4.26. The molecule has 0 unspecified atom stereocenters. The molecule has 1 aromatic carbocycles. The quantitative estimate of drug-likeness (QED) is 0.893. The summed E-state index contributed by atoms with van der Waals surface area (Å²) >= 11 is 11.8. The fourth-order valence-corrected chi connectivity index (χ4v) is 3.30. The highest BCUT2D eigenvalue weighted by Crippen LogP contribution is 2.29. The first-order valence-corrected chi connectivity index (χ1v) is 8.09. The summed E-state index contributed by atoms with van der Waals surface area (Å²) in [4.78, 5) is 12.0. The Kier molecular flexibility index (Phi) is 5.77. The van der Waals surface area contributed by atoms with Crippen LogP contribution >= 0.6 is 23.2 Å². The SMILES string of the molecule is C[C@H]1[C@@H](NC(=O)COc2cc(Cl)cc(Cl)c2)CCC[C@@H]1C. The van der Waals surface area contributed by atoms with Crippen molar-refractivity contribution in [2.75, 3.05) is 6.61 Å². The Labute approximate surface area is 136 Å². The molecule has 21 heavy (non-hydrogen) atoms. The van der Waals surface area contributed by atoms with E-state index < -0.39 is 0 Å². The predicted molar refractivity (Wildman–Crippen MR) is 86.1 cm³/mol. The monoisotopic (exact) mass is 329 g/mol. The number of halogens is 2. The summed E-state index contributed by atoms with van der Waals surface area (Å²) in [6, 6.07) is 5.16. The minimum Gasteiger partial charge on any atom is -0.484 e. The fraction of sp³-hybridized carbons (Fsp3) is 0.562. The molecule has 0 heterocycles. The lowest BCUT2D eigenvalue weighted by molar-refractivity contribution is -0.124. The molecule has 0 saturated heterocycles. The number of carbonyl (C=O) groups excluding carboxylic acids is 1. The maximum atomic E-state index is 12.0. The average molecular weight is 330 g/mol. The van der Waals surface area contributed by atoms with Crippen molar-refractivity contribution in [1.82, 2.24) is 5.32 Å². The van der Waals surface area contributed by atoms with Gasteiger partial charge in [-0.15, -0.1) is 0 Å². The highest BCUT2D eigenvalue weighted by Gasteiger charge is 2.28. The van der Waals surface area contributed by atoms with Gasteiger partial charge in [-0.25, -0.2) is 0 Å². The van der Waals surface area contributed by atoms with E-state index in [1.54, 1.807) is 18.2 Å². The Morgan fingerprint density at radius 2 is 1.90 bits per heavy atom. The zero-order valence-electron chi connectivity index (χ0n) is 12.4. The lowest BCUT2D eigenvalue weighted by Gasteiger charge is -2.34. The number of rotatable bonds is 4. The molecule has 1 aliphatic carbocycles. The van der Waals surface area contributed by atoms with Crippen LogP contribution in [-0.4, -0.2) is 18.6 Å². The molecular weight excluding hydrogens is 309 g/mol. The lowest BCUT2D eigenvalue weighted by Crippen LogP contribution is -2.45. The van der Waals surface area contributed by atoms with Gasteiger partial charge in [0.2, 0.25) is 0 Å². The topological polar surface area (TPSA) is 38.3 Å².